The van der Waals surface area contributed by atoms with Gasteiger partial charge >= 0.3 is 5.97 Å². The van der Waals surface area contributed by atoms with Gasteiger partial charge in [0.15, 0.2) is 0 Å². The lowest BCUT2D eigenvalue weighted by molar-refractivity contribution is -0.143. The van der Waals surface area contributed by atoms with Crippen LogP contribution in [0.4, 0.5) is 0 Å². The molecule has 1 saturated heterocycles. The van der Waals surface area contributed by atoms with Gasteiger partial charge in [0.1, 0.15) is 6.04 Å². The van der Waals surface area contributed by atoms with E-state index in [9.17, 15) is 14.4 Å². The van der Waals surface area contributed by atoms with Crippen molar-refractivity contribution in [3.05, 3.63) is 0 Å². The first-order valence-electron chi connectivity index (χ1n) is 5.96. The Labute approximate surface area is 105 Å². The molecule has 0 spiro atoms. The van der Waals surface area contributed by atoms with Gasteiger partial charge in [-0.1, -0.05) is 6.92 Å². The summed E-state index contributed by atoms with van der Waals surface area (Å²) in [4.78, 5) is 33.5. The van der Waals surface area contributed by atoms with Crippen LogP contribution in [0.15, 0.2) is 0 Å². The molecule has 0 aromatic heterocycles. The number of carboxylic acids is 1. The molecule has 7 heteroatoms. The van der Waals surface area contributed by atoms with Gasteiger partial charge in [-0.05, 0) is 25.3 Å². The normalized spacial score (nSPS) is 25.2. The molecule has 2 amide bonds. The van der Waals surface area contributed by atoms with E-state index in [4.69, 9.17) is 10.8 Å². The smallest absolute Gasteiger partial charge is 0.326 e. The maximum Gasteiger partial charge on any atom is 0.326 e. The van der Waals surface area contributed by atoms with Gasteiger partial charge < -0.3 is 21.5 Å². The minimum Gasteiger partial charge on any atom is -0.480 e. The topological polar surface area (TPSA) is 122 Å². The number of hydrogen-bond acceptors (Lipinski definition) is 4. The molecular weight excluding hydrogens is 238 g/mol. The molecule has 1 aliphatic rings. The van der Waals surface area contributed by atoms with Gasteiger partial charge in [0.25, 0.3) is 0 Å². The summed E-state index contributed by atoms with van der Waals surface area (Å²) in [6.07, 6.45) is 1.51. The number of carbonyl (C=O) groups is 3. The van der Waals surface area contributed by atoms with E-state index in [1.807, 2.05) is 6.92 Å². The van der Waals surface area contributed by atoms with Crippen molar-refractivity contribution in [2.45, 2.75) is 38.3 Å². The van der Waals surface area contributed by atoms with Crippen molar-refractivity contribution < 1.29 is 19.5 Å². The van der Waals surface area contributed by atoms with Crippen molar-refractivity contribution in [1.29, 1.82) is 0 Å². The Morgan fingerprint density at radius 3 is 2.67 bits per heavy atom. The quantitative estimate of drug-likeness (QED) is 0.494. The van der Waals surface area contributed by atoms with Crippen molar-refractivity contribution in [3.8, 4) is 0 Å². The molecule has 0 radical (unpaired) electrons. The fraction of sp³-hybridized carbons (Fsp3) is 0.727. The molecule has 1 rings (SSSR count). The highest BCUT2D eigenvalue weighted by atomic mass is 16.4. The number of hydrogen-bond donors (Lipinski definition) is 4. The zero-order chi connectivity index (χ0) is 13.7. The fourth-order valence-corrected chi connectivity index (χ4v) is 2.06. The highest BCUT2D eigenvalue weighted by molar-refractivity contribution is 5.90. The standard InChI is InChI=1S/C11H19N3O4/c1-6-3-2-4-13-9(6)10(16)14-7(11(17)18)5-8(12)15/h6-7,9,13H,2-5H2,1H3,(H2,12,15)(H,14,16)(H,17,18)/t6?,7-,9?/m0/s1. The van der Waals surface area contributed by atoms with E-state index < -0.39 is 36.3 Å². The van der Waals surface area contributed by atoms with Crippen molar-refractivity contribution in [2.24, 2.45) is 11.7 Å². The van der Waals surface area contributed by atoms with Gasteiger partial charge in [-0.2, -0.15) is 0 Å². The van der Waals surface area contributed by atoms with Crippen LogP contribution in [-0.2, 0) is 14.4 Å². The first kappa shape index (κ1) is 14.4. The molecule has 0 saturated carbocycles. The number of aliphatic carboxylic acids is 1. The zero-order valence-electron chi connectivity index (χ0n) is 10.3. The number of piperidine rings is 1. The highest BCUT2D eigenvalue weighted by Gasteiger charge is 2.31. The number of carbonyl (C=O) groups excluding carboxylic acids is 2. The van der Waals surface area contributed by atoms with Crippen LogP contribution >= 0.6 is 0 Å². The van der Waals surface area contributed by atoms with Crippen LogP contribution < -0.4 is 16.4 Å². The van der Waals surface area contributed by atoms with Crippen LogP contribution in [0.2, 0.25) is 0 Å². The van der Waals surface area contributed by atoms with E-state index in [1.54, 1.807) is 0 Å². The first-order valence-corrected chi connectivity index (χ1v) is 5.96. The maximum atomic E-state index is 11.9. The average Bonchev–Trinajstić information content (AvgIpc) is 2.27. The van der Waals surface area contributed by atoms with Crippen LogP contribution in [0.1, 0.15) is 26.2 Å². The lowest BCUT2D eigenvalue weighted by atomic mass is 9.92. The Balaban J connectivity index is 2.59. The molecule has 0 aromatic carbocycles. The minimum atomic E-state index is -1.26. The zero-order valence-corrected chi connectivity index (χ0v) is 10.3. The summed E-state index contributed by atoms with van der Waals surface area (Å²) >= 11 is 0. The lowest BCUT2D eigenvalue weighted by Gasteiger charge is -2.29. The molecule has 0 aliphatic carbocycles. The third kappa shape index (κ3) is 3.99. The third-order valence-electron chi connectivity index (χ3n) is 3.07. The van der Waals surface area contributed by atoms with Gasteiger partial charge in [-0.3, -0.25) is 9.59 Å². The van der Waals surface area contributed by atoms with Crippen molar-refractivity contribution >= 4 is 17.8 Å². The van der Waals surface area contributed by atoms with Gasteiger partial charge in [0.2, 0.25) is 11.8 Å². The molecule has 102 valence electrons. The second kappa shape index (κ2) is 6.34. The Morgan fingerprint density at radius 1 is 1.50 bits per heavy atom. The summed E-state index contributed by atoms with van der Waals surface area (Å²) in [5.41, 5.74) is 4.94. The Hall–Kier alpha value is -1.63. The number of nitrogens with one attached hydrogen (secondary N) is 2. The summed E-state index contributed by atoms with van der Waals surface area (Å²) in [5.74, 6) is -2.27. The van der Waals surface area contributed by atoms with E-state index in [1.165, 1.54) is 0 Å². The predicted molar refractivity (Wildman–Crippen MR) is 63.6 cm³/mol. The van der Waals surface area contributed by atoms with Gasteiger partial charge in [-0.25, -0.2) is 4.79 Å². The molecule has 7 nitrogen and oxygen atoms in total. The third-order valence-corrected chi connectivity index (χ3v) is 3.07. The van der Waals surface area contributed by atoms with E-state index in [0.717, 1.165) is 19.4 Å². The second-order valence-corrected chi connectivity index (χ2v) is 4.62. The molecule has 1 fully saturated rings. The van der Waals surface area contributed by atoms with Gasteiger partial charge in [0, 0.05) is 0 Å². The number of nitrogens with two attached hydrogens (primary N) is 1. The predicted octanol–water partition coefficient (Wildman–Crippen LogP) is -1.18. The number of rotatable bonds is 5. The van der Waals surface area contributed by atoms with Crippen molar-refractivity contribution in [3.63, 3.8) is 0 Å². The van der Waals surface area contributed by atoms with E-state index in [0.29, 0.717) is 0 Å². The molecule has 1 heterocycles. The van der Waals surface area contributed by atoms with Crippen molar-refractivity contribution in [2.75, 3.05) is 6.54 Å². The molecule has 0 aromatic rings. The summed E-state index contributed by atoms with van der Waals surface area (Å²) in [5, 5.41) is 14.3. The molecule has 0 bridgehead atoms. The minimum absolute atomic E-state index is 0.141. The van der Waals surface area contributed by atoms with Gasteiger partial charge in [0.05, 0.1) is 12.5 Å². The number of carboxylic acid groups (broad SMARTS) is 1. The summed E-state index contributed by atoms with van der Waals surface area (Å²) in [6, 6.07) is -1.67. The van der Waals surface area contributed by atoms with E-state index >= 15 is 0 Å². The number of amides is 2. The average molecular weight is 257 g/mol. The summed E-state index contributed by atoms with van der Waals surface area (Å²) in [7, 11) is 0. The lowest BCUT2D eigenvalue weighted by Crippen LogP contribution is -2.55. The van der Waals surface area contributed by atoms with Crippen LogP contribution in [-0.4, -0.2) is 41.5 Å². The fourth-order valence-electron chi connectivity index (χ4n) is 2.06. The van der Waals surface area contributed by atoms with Crippen LogP contribution in [0, 0.1) is 5.92 Å². The molecule has 18 heavy (non-hydrogen) atoms. The molecule has 2 unspecified atom stereocenters. The highest BCUT2D eigenvalue weighted by Crippen LogP contribution is 2.15. The van der Waals surface area contributed by atoms with Crippen LogP contribution in [0.3, 0.4) is 0 Å². The summed E-state index contributed by atoms with van der Waals surface area (Å²) in [6.45, 7) is 2.66. The van der Waals surface area contributed by atoms with Crippen LogP contribution in [0.5, 0.6) is 0 Å². The van der Waals surface area contributed by atoms with Gasteiger partial charge in [-0.15, -0.1) is 0 Å². The summed E-state index contributed by atoms with van der Waals surface area (Å²) < 4.78 is 0. The Morgan fingerprint density at radius 2 is 2.17 bits per heavy atom. The molecular formula is C11H19N3O4. The Kier molecular flexibility index (Phi) is 5.08. The molecule has 5 N–H and O–H groups in total. The SMILES string of the molecule is CC1CCCNC1C(=O)N[C@@H](CC(N)=O)C(=O)O. The van der Waals surface area contributed by atoms with Crippen molar-refractivity contribution in [1.82, 2.24) is 10.6 Å². The largest absolute Gasteiger partial charge is 0.480 e. The number of primary amides is 1. The Bertz CT molecular complexity index is 345. The maximum absolute atomic E-state index is 11.9. The first-order chi connectivity index (χ1) is 8.41. The van der Waals surface area contributed by atoms with Crippen LogP contribution in [0.25, 0.3) is 0 Å². The second-order valence-electron chi connectivity index (χ2n) is 4.62. The molecule has 1 aliphatic heterocycles. The van der Waals surface area contributed by atoms with E-state index in [2.05, 4.69) is 10.6 Å². The monoisotopic (exact) mass is 257 g/mol. The molecule has 3 atom stereocenters. The van der Waals surface area contributed by atoms with E-state index in [-0.39, 0.29) is 5.92 Å².